The maximum absolute atomic E-state index is 12.2. The van der Waals surface area contributed by atoms with E-state index >= 15 is 0 Å². The highest BCUT2D eigenvalue weighted by atomic mass is 16.2. The highest BCUT2D eigenvalue weighted by Gasteiger charge is 2.34. The van der Waals surface area contributed by atoms with Gasteiger partial charge in [0.25, 0.3) is 0 Å². The van der Waals surface area contributed by atoms with Crippen LogP contribution in [-0.4, -0.2) is 39.4 Å². The molecule has 0 spiro atoms. The van der Waals surface area contributed by atoms with Gasteiger partial charge in [0.15, 0.2) is 0 Å². The van der Waals surface area contributed by atoms with Crippen LogP contribution in [0.25, 0.3) is 0 Å². The summed E-state index contributed by atoms with van der Waals surface area (Å²) >= 11 is 0. The summed E-state index contributed by atoms with van der Waals surface area (Å²) in [5.41, 5.74) is 0.842. The largest absolute Gasteiger partial charge is 0.354 e. The molecule has 1 aliphatic rings. The molecule has 0 radical (unpaired) electrons. The number of carbonyl (C=O) groups is 2. The van der Waals surface area contributed by atoms with Crippen LogP contribution < -0.4 is 5.32 Å². The SMILES string of the molecule is O=C(NCCn1cccc1)[C@@H]1CC(=O)N(Cc2ccccn2)C1. The fourth-order valence-electron chi connectivity index (χ4n) is 2.76. The van der Waals surface area contributed by atoms with Gasteiger partial charge in [0.05, 0.1) is 18.2 Å². The van der Waals surface area contributed by atoms with Crippen LogP contribution in [0.1, 0.15) is 12.1 Å². The van der Waals surface area contributed by atoms with Crippen molar-refractivity contribution in [3.63, 3.8) is 0 Å². The zero-order valence-corrected chi connectivity index (χ0v) is 12.9. The molecule has 1 N–H and O–H groups in total. The van der Waals surface area contributed by atoms with E-state index in [9.17, 15) is 9.59 Å². The Hall–Kier alpha value is -2.63. The van der Waals surface area contributed by atoms with Crippen molar-refractivity contribution >= 4 is 11.8 Å². The molecule has 6 nitrogen and oxygen atoms in total. The summed E-state index contributed by atoms with van der Waals surface area (Å²) in [6.07, 6.45) is 5.91. The van der Waals surface area contributed by atoms with Gasteiger partial charge in [0, 0.05) is 44.6 Å². The third kappa shape index (κ3) is 3.97. The average molecular weight is 312 g/mol. The van der Waals surface area contributed by atoms with Crippen LogP contribution in [0.3, 0.4) is 0 Å². The van der Waals surface area contributed by atoms with E-state index in [1.165, 1.54) is 0 Å². The second kappa shape index (κ2) is 7.09. The second-order valence-electron chi connectivity index (χ2n) is 5.71. The monoisotopic (exact) mass is 312 g/mol. The van der Waals surface area contributed by atoms with Crippen molar-refractivity contribution in [3.8, 4) is 0 Å². The summed E-state index contributed by atoms with van der Waals surface area (Å²) in [7, 11) is 0. The van der Waals surface area contributed by atoms with Crippen molar-refractivity contribution in [1.29, 1.82) is 0 Å². The number of aromatic nitrogens is 2. The molecule has 120 valence electrons. The van der Waals surface area contributed by atoms with E-state index in [2.05, 4.69) is 10.3 Å². The Morgan fingerprint density at radius 2 is 2.09 bits per heavy atom. The van der Waals surface area contributed by atoms with E-state index < -0.39 is 0 Å². The van der Waals surface area contributed by atoms with Crippen LogP contribution in [0.4, 0.5) is 0 Å². The first-order valence-electron chi connectivity index (χ1n) is 7.78. The molecule has 0 aliphatic carbocycles. The Morgan fingerprint density at radius 1 is 1.26 bits per heavy atom. The molecule has 3 heterocycles. The molecule has 1 fully saturated rings. The van der Waals surface area contributed by atoms with E-state index in [0.29, 0.717) is 19.6 Å². The Balaban J connectivity index is 1.47. The first-order chi connectivity index (χ1) is 11.2. The van der Waals surface area contributed by atoms with Crippen LogP contribution >= 0.6 is 0 Å². The number of nitrogens with zero attached hydrogens (tertiary/aromatic N) is 3. The quantitative estimate of drug-likeness (QED) is 0.867. The lowest BCUT2D eigenvalue weighted by Gasteiger charge is -2.16. The zero-order valence-electron chi connectivity index (χ0n) is 12.9. The topological polar surface area (TPSA) is 67.2 Å². The van der Waals surface area contributed by atoms with Gasteiger partial charge in [-0.15, -0.1) is 0 Å². The number of nitrogens with one attached hydrogen (secondary N) is 1. The molecule has 2 amide bonds. The third-order valence-electron chi connectivity index (χ3n) is 4.00. The average Bonchev–Trinajstić information content (AvgIpc) is 3.19. The van der Waals surface area contributed by atoms with Crippen molar-refractivity contribution in [2.45, 2.75) is 19.5 Å². The molecule has 1 atom stereocenters. The van der Waals surface area contributed by atoms with E-state index in [1.807, 2.05) is 47.3 Å². The third-order valence-corrected chi connectivity index (χ3v) is 4.00. The van der Waals surface area contributed by atoms with Crippen molar-refractivity contribution in [2.75, 3.05) is 13.1 Å². The van der Waals surface area contributed by atoms with Crippen molar-refractivity contribution in [2.24, 2.45) is 5.92 Å². The lowest BCUT2D eigenvalue weighted by Crippen LogP contribution is -2.34. The van der Waals surface area contributed by atoms with Gasteiger partial charge in [0.1, 0.15) is 0 Å². The Labute approximate surface area is 135 Å². The van der Waals surface area contributed by atoms with Gasteiger partial charge in [-0.25, -0.2) is 0 Å². The van der Waals surface area contributed by atoms with Crippen LogP contribution in [0.2, 0.25) is 0 Å². The molecule has 23 heavy (non-hydrogen) atoms. The van der Waals surface area contributed by atoms with Gasteiger partial charge in [-0.3, -0.25) is 14.6 Å². The van der Waals surface area contributed by atoms with Gasteiger partial charge in [-0.1, -0.05) is 6.07 Å². The number of pyridine rings is 1. The van der Waals surface area contributed by atoms with Crippen LogP contribution in [0.5, 0.6) is 0 Å². The van der Waals surface area contributed by atoms with Gasteiger partial charge >= 0.3 is 0 Å². The Morgan fingerprint density at radius 3 is 2.83 bits per heavy atom. The van der Waals surface area contributed by atoms with E-state index in [-0.39, 0.29) is 24.2 Å². The smallest absolute Gasteiger partial charge is 0.225 e. The van der Waals surface area contributed by atoms with Gasteiger partial charge in [-0.05, 0) is 24.3 Å². The first-order valence-corrected chi connectivity index (χ1v) is 7.78. The molecule has 0 saturated carbocycles. The summed E-state index contributed by atoms with van der Waals surface area (Å²) in [6, 6.07) is 9.53. The summed E-state index contributed by atoms with van der Waals surface area (Å²) in [5, 5.41) is 2.91. The van der Waals surface area contributed by atoms with Crippen molar-refractivity contribution < 1.29 is 9.59 Å². The zero-order chi connectivity index (χ0) is 16.1. The molecule has 6 heteroatoms. The van der Waals surface area contributed by atoms with Gasteiger partial charge in [0.2, 0.25) is 11.8 Å². The van der Waals surface area contributed by atoms with Crippen LogP contribution in [0, 0.1) is 5.92 Å². The van der Waals surface area contributed by atoms with E-state index in [4.69, 9.17) is 0 Å². The molecule has 0 bridgehead atoms. The Kier molecular flexibility index (Phi) is 4.71. The maximum Gasteiger partial charge on any atom is 0.225 e. The normalized spacial score (nSPS) is 17.5. The van der Waals surface area contributed by atoms with E-state index in [1.54, 1.807) is 11.1 Å². The molecule has 1 saturated heterocycles. The number of hydrogen-bond acceptors (Lipinski definition) is 3. The molecule has 1 aliphatic heterocycles. The van der Waals surface area contributed by atoms with Crippen molar-refractivity contribution in [3.05, 3.63) is 54.6 Å². The summed E-state index contributed by atoms with van der Waals surface area (Å²) in [6.45, 7) is 2.23. The van der Waals surface area contributed by atoms with E-state index in [0.717, 1.165) is 12.2 Å². The molecule has 3 rings (SSSR count). The van der Waals surface area contributed by atoms with Crippen LogP contribution in [-0.2, 0) is 22.7 Å². The highest BCUT2D eigenvalue weighted by Crippen LogP contribution is 2.19. The van der Waals surface area contributed by atoms with Gasteiger partial charge in [-0.2, -0.15) is 0 Å². The Bertz CT molecular complexity index is 654. The predicted molar refractivity (Wildman–Crippen MR) is 85.2 cm³/mol. The maximum atomic E-state index is 12.2. The fraction of sp³-hybridized carbons (Fsp3) is 0.353. The highest BCUT2D eigenvalue weighted by molar-refractivity contribution is 5.89. The number of amides is 2. The van der Waals surface area contributed by atoms with Gasteiger partial charge < -0.3 is 14.8 Å². The summed E-state index contributed by atoms with van der Waals surface area (Å²) < 4.78 is 2.01. The number of carbonyl (C=O) groups excluding carboxylic acids is 2. The second-order valence-corrected chi connectivity index (χ2v) is 5.71. The summed E-state index contributed by atoms with van der Waals surface area (Å²) in [4.78, 5) is 30.2. The summed E-state index contributed by atoms with van der Waals surface area (Å²) in [5.74, 6) is -0.300. The molecule has 2 aromatic rings. The standard InChI is InChI=1S/C17H20N4O2/c22-16-11-14(12-21(16)13-15-5-1-2-6-18-15)17(23)19-7-10-20-8-3-4-9-20/h1-6,8-9,14H,7,10-13H2,(H,19,23)/t14-/m1/s1. The lowest BCUT2D eigenvalue weighted by atomic mass is 10.1. The molecule has 0 aromatic carbocycles. The first kappa shape index (κ1) is 15.3. The minimum Gasteiger partial charge on any atom is -0.354 e. The number of rotatable bonds is 6. The number of hydrogen-bond donors (Lipinski definition) is 1. The molecular formula is C17H20N4O2. The minimum atomic E-state index is -0.268. The predicted octanol–water partition coefficient (Wildman–Crippen LogP) is 1.05. The fourth-order valence-corrected chi connectivity index (χ4v) is 2.76. The molecular weight excluding hydrogens is 292 g/mol. The molecule has 2 aromatic heterocycles. The lowest BCUT2D eigenvalue weighted by molar-refractivity contribution is -0.129. The minimum absolute atomic E-state index is 0.0150. The van der Waals surface area contributed by atoms with Crippen LogP contribution in [0.15, 0.2) is 48.9 Å². The van der Waals surface area contributed by atoms with Crippen molar-refractivity contribution in [1.82, 2.24) is 19.8 Å². The number of likely N-dealkylation sites (tertiary alicyclic amines) is 1. The molecule has 0 unspecified atom stereocenters.